The lowest BCUT2D eigenvalue weighted by atomic mass is 9.88. The first kappa shape index (κ1) is 12.2. The number of piperidine rings is 1. The molecule has 3 rings (SSSR count). The van der Waals surface area contributed by atoms with E-state index in [9.17, 15) is 4.39 Å². The molecule has 1 unspecified atom stereocenters. The Bertz CT molecular complexity index is 421. The van der Waals surface area contributed by atoms with Gasteiger partial charge in [0.15, 0.2) is 0 Å². The number of nitrogens with one attached hydrogen (secondary N) is 1. The zero-order chi connectivity index (χ0) is 12.4. The SMILES string of the molecule is Fc1cc2c(cc1CC1CCCCN1)CCCC2. The van der Waals surface area contributed by atoms with Gasteiger partial charge in [-0.15, -0.1) is 0 Å². The van der Waals surface area contributed by atoms with E-state index < -0.39 is 0 Å². The molecule has 1 nitrogen and oxygen atoms in total. The van der Waals surface area contributed by atoms with Gasteiger partial charge in [-0.05, 0) is 74.2 Å². The summed E-state index contributed by atoms with van der Waals surface area (Å²) in [4.78, 5) is 0. The number of benzene rings is 1. The topological polar surface area (TPSA) is 12.0 Å². The highest BCUT2D eigenvalue weighted by molar-refractivity contribution is 5.35. The van der Waals surface area contributed by atoms with E-state index in [0.717, 1.165) is 31.4 Å². The van der Waals surface area contributed by atoms with Crippen LogP contribution in [0.2, 0.25) is 0 Å². The zero-order valence-electron chi connectivity index (χ0n) is 11.0. The molecular formula is C16H22FN. The monoisotopic (exact) mass is 247 g/mol. The van der Waals surface area contributed by atoms with Gasteiger partial charge >= 0.3 is 0 Å². The number of rotatable bonds is 2. The van der Waals surface area contributed by atoms with Crippen molar-refractivity contribution in [2.45, 2.75) is 57.4 Å². The summed E-state index contributed by atoms with van der Waals surface area (Å²) in [6, 6.07) is 4.42. The van der Waals surface area contributed by atoms with Crippen molar-refractivity contribution >= 4 is 0 Å². The van der Waals surface area contributed by atoms with E-state index in [0.29, 0.717) is 6.04 Å². The molecule has 98 valence electrons. The maximum absolute atomic E-state index is 14.1. The lowest BCUT2D eigenvalue weighted by molar-refractivity contribution is 0.395. The maximum atomic E-state index is 14.1. The van der Waals surface area contributed by atoms with Crippen molar-refractivity contribution in [2.24, 2.45) is 0 Å². The van der Waals surface area contributed by atoms with Crippen molar-refractivity contribution in [1.29, 1.82) is 0 Å². The van der Waals surface area contributed by atoms with Crippen molar-refractivity contribution in [2.75, 3.05) is 6.54 Å². The van der Waals surface area contributed by atoms with Crippen LogP contribution in [0, 0.1) is 5.82 Å². The van der Waals surface area contributed by atoms with E-state index >= 15 is 0 Å². The molecule has 1 N–H and O–H groups in total. The Labute approximate surface area is 109 Å². The second-order valence-corrected chi connectivity index (χ2v) is 5.77. The molecule has 1 aliphatic heterocycles. The van der Waals surface area contributed by atoms with Crippen LogP contribution in [0.3, 0.4) is 0 Å². The zero-order valence-corrected chi connectivity index (χ0v) is 11.0. The van der Waals surface area contributed by atoms with E-state index in [1.165, 1.54) is 43.2 Å². The van der Waals surface area contributed by atoms with Gasteiger partial charge in [0.05, 0.1) is 0 Å². The van der Waals surface area contributed by atoms with Crippen molar-refractivity contribution in [3.8, 4) is 0 Å². The third kappa shape index (κ3) is 2.59. The van der Waals surface area contributed by atoms with Gasteiger partial charge in [-0.1, -0.05) is 12.5 Å². The Hall–Kier alpha value is -0.890. The molecule has 2 heteroatoms. The molecule has 0 bridgehead atoms. The molecule has 0 aromatic heterocycles. The molecule has 1 aliphatic carbocycles. The Morgan fingerprint density at radius 1 is 1.06 bits per heavy atom. The highest BCUT2D eigenvalue weighted by atomic mass is 19.1. The number of hydrogen-bond donors (Lipinski definition) is 1. The molecule has 1 aromatic carbocycles. The van der Waals surface area contributed by atoms with Crippen LogP contribution in [0.1, 0.15) is 48.8 Å². The Morgan fingerprint density at radius 3 is 2.56 bits per heavy atom. The van der Waals surface area contributed by atoms with Gasteiger partial charge in [0, 0.05) is 6.04 Å². The molecule has 0 saturated carbocycles. The average molecular weight is 247 g/mol. The van der Waals surface area contributed by atoms with Crippen molar-refractivity contribution in [3.63, 3.8) is 0 Å². The predicted octanol–water partition coefficient (Wildman–Crippen LogP) is 3.39. The molecule has 0 amide bonds. The summed E-state index contributed by atoms with van der Waals surface area (Å²) in [6.45, 7) is 1.09. The van der Waals surface area contributed by atoms with Crippen LogP contribution in [0.5, 0.6) is 0 Å². The summed E-state index contributed by atoms with van der Waals surface area (Å²) in [5.74, 6) is 0.0167. The molecule has 2 aliphatic rings. The molecule has 1 atom stereocenters. The van der Waals surface area contributed by atoms with Crippen molar-refractivity contribution in [1.82, 2.24) is 5.32 Å². The summed E-state index contributed by atoms with van der Waals surface area (Å²) in [5, 5.41) is 3.51. The molecule has 18 heavy (non-hydrogen) atoms. The van der Waals surface area contributed by atoms with Crippen LogP contribution in [0.4, 0.5) is 4.39 Å². The van der Waals surface area contributed by atoms with Crippen LogP contribution < -0.4 is 5.32 Å². The van der Waals surface area contributed by atoms with E-state index in [2.05, 4.69) is 11.4 Å². The molecule has 0 spiro atoms. The second kappa shape index (κ2) is 5.40. The molecule has 1 heterocycles. The quantitative estimate of drug-likeness (QED) is 0.844. The first-order valence-corrected chi connectivity index (χ1v) is 7.36. The Balaban J connectivity index is 1.78. The maximum Gasteiger partial charge on any atom is 0.126 e. The van der Waals surface area contributed by atoms with Crippen molar-refractivity contribution < 1.29 is 4.39 Å². The number of halogens is 1. The van der Waals surface area contributed by atoms with Gasteiger partial charge in [-0.3, -0.25) is 0 Å². The fourth-order valence-electron chi connectivity index (χ4n) is 3.33. The lowest BCUT2D eigenvalue weighted by Gasteiger charge is -2.24. The van der Waals surface area contributed by atoms with Crippen molar-refractivity contribution in [3.05, 3.63) is 34.6 Å². The van der Waals surface area contributed by atoms with Crippen LogP contribution in [0.15, 0.2) is 12.1 Å². The minimum Gasteiger partial charge on any atom is -0.314 e. The number of aryl methyl sites for hydroxylation is 2. The lowest BCUT2D eigenvalue weighted by Crippen LogP contribution is -2.35. The predicted molar refractivity (Wildman–Crippen MR) is 72.4 cm³/mol. The summed E-state index contributed by atoms with van der Waals surface area (Å²) >= 11 is 0. The molecule has 1 aromatic rings. The van der Waals surface area contributed by atoms with Gasteiger partial charge < -0.3 is 5.32 Å². The second-order valence-electron chi connectivity index (χ2n) is 5.77. The van der Waals surface area contributed by atoms with Gasteiger partial charge in [0.1, 0.15) is 5.82 Å². The highest BCUT2D eigenvalue weighted by Gasteiger charge is 2.18. The third-order valence-corrected chi connectivity index (χ3v) is 4.39. The summed E-state index contributed by atoms with van der Waals surface area (Å²) in [7, 11) is 0. The first-order chi connectivity index (χ1) is 8.83. The highest BCUT2D eigenvalue weighted by Crippen LogP contribution is 2.25. The van der Waals surface area contributed by atoms with E-state index in [1.54, 1.807) is 6.07 Å². The van der Waals surface area contributed by atoms with Gasteiger partial charge in [0.2, 0.25) is 0 Å². The Morgan fingerprint density at radius 2 is 1.83 bits per heavy atom. The Kier molecular flexibility index (Phi) is 3.64. The summed E-state index contributed by atoms with van der Waals surface area (Å²) < 4.78 is 14.1. The minimum atomic E-state index is 0.0167. The standard InChI is InChI=1S/C16H22FN/c17-16-11-13-6-2-1-5-12(13)9-14(16)10-15-7-3-4-8-18-15/h9,11,15,18H,1-8,10H2. The third-order valence-electron chi connectivity index (χ3n) is 4.39. The van der Waals surface area contributed by atoms with Crippen LogP contribution >= 0.6 is 0 Å². The number of hydrogen-bond acceptors (Lipinski definition) is 1. The average Bonchev–Trinajstić information content (AvgIpc) is 2.41. The van der Waals surface area contributed by atoms with Gasteiger partial charge in [0.25, 0.3) is 0 Å². The molecule has 1 fully saturated rings. The molecule has 0 radical (unpaired) electrons. The van der Waals surface area contributed by atoms with Gasteiger partial charge in [-0.2, -0.15) is 0 Å². The largest absolute Gasteiger partial charge is 0.314 e. The summed E-state index contributed by atoms with van der Waals surface area (Å²) in [6.07, 6.45) is 9.29. The smallest absolute Gasteiger partial charge is 0.126 e. The number of fused-ring (bicyclic) bond motifs is 1. The fraction of sp³-hybridized carbons (Fsp3) is 0.625. The van der Waals surface area contributed by atoms with Crippen LogP contribution in [-0.4, -0.2) is 12.6 Å². The minimum absolute atomic E-state index is 0.0167. The molecule has 1 saturated heterocycles. The van der Waals surface area contributed by atoms with Gasteiger partial charge in [-0.25, -0.2) is 4.39 Å². The van der Waals surface area contributed by atoms with E-state index in [4.69, 9.17) is 0 Å². The van der Waals surface area contributed by atoms with Crippen LogP contribution in [-0.2, 0) is 19.3 Å². The summed E-state index contributed by atoms with van der Waals surface area (Å²) in [5.41, 5.74) is 3.57. The van der Waals surface area contributed by atoms with E-state index in [-0.39, 0.29) is 5.82 Å². The fourth-order valence-corrected chi connectivity index (χ4v) is 3.33. The first-order valence-electron chi connectivity index (χ1n) is 7.36. The van der Waals surface area contributed by atoms with Crippen LogP contribution in [0.25, 0.3) is 0 Å². The molecular weight excluding hydrogens is 225 g/mol. The van der Waals surface area contributed by atoms with E-state index in [1.807, 2.05) is 0 Å². The normalized spacial score (nSPS) is 23.7.